The number of rotatable bonds is 4. The summed E-state index contributed by atoms with van der Waals surface area (Å²) in [6.45, 7) is 0.364. The molecule has 1 unspecified atom stereocenters. The lowest BCUT2D eigenvalue weighted by atomic mass is 9.93. The first-order valence-corrected chi connectivity index (χ1v) is 6.91. The van der Waals surface area contributed by atoms with Gasteiger partial charge in [0.05, 0.1) is 6.20 Å². The van der Waals surface area contributed by atoms with E-state index < -0.39 is 5.51 Å². The van der Waals surface area contributed by atoms with Crippen molar-refractivity contribution in [2.24, 2.45) is 7.05 Å². The molecule has 7 heteroatoms. The highest BCUT2D eigenvalue weighted by Crippen LogP contribution is 2.31. The van der Waals surface area contributed by atoms with Gasteiger partial charge in [0.2, 0.25) is 0 Å². The van der Waals surface area contributed by atoms with Crippen molar-refractivity contribution in [3.8, 4) is 0 Å². The van der Waals surface area contributed by atoms with Gasteiger partial charge in [0.15, 0.2) is 0 Å². The fraction of sp³-hybridized carbons (Fsp3) is 0.727. The summed E-state index contributed by atoms with van der Waals surface area (Å²) in [5.41, 5.74) is -1.80. The quantitative estimate of drug-likeness (QED) is 0.859. The van der Waals surface area contributed by atoms with Crippen LogP contribution < -0.4 is 5.32 Å². The Balaban J connectivity index is 1.84. The van der Waals surface area contributed by atoms with Gasteiger partial charge in [0.1, 0.15) is 0 Å². The Morgan fingerprint density at radius 2 is 2.33 bits per heavy atom. The van der Waals surface area contributed by atoms with E-state index in [0.717, 1.165) is 24.8 Å². The first kappa shape index (κ1) is 13.7. The van der Waals surface area contributed by atoms with E-state index in [2.05, 4.69) is 10.4 Å². The molecule has 0 aromatic carbocycles. The lowest BCUT2D eigenvalue weighted by Crippen LogP contribution is -2.27. The molecule has 0 bridgehead atoms. The van der Waals surface area contributed by atoms with Crippen LogP contribution in [0.15, 0.2) is 6.20 Å². The van der Waals surface area contributed by atoms with E-state index in [1.165, 1.54) is 5.69 Å². The lowest BCUT2D eigenvalue weighted by molar-refractivity contribution is -0.0327. The predicted molar refractivity (Wildman–Crippen MR) is 65.4 cm³/mol. The molecule has 0 saturated carbocycles. The topological polar surface area (TPSA) is 29.9 Å². The van der Waals surface area contributed by atoms with Crippen molar-refractivity contribution in [1.29, 1.82) is 0 Å². The zero-order chi connectivity index (χ0) is 13.2. The Morgan fingerprint density at radius 3 is 3.06 bits per heavy atom. The van der Waals surface area contributed by atoms with Gasteiger partial charge in [0, 0.05) is 36.6 Å². The smallest absolute Gasteiger partial charge is 0.309 e. The SMILES string of the molecule is Cn1ncc2c1CCCC2NCCSC(F)(F)F. The second kappa shape index (κ2) is 5.52. The summed E-state index contributed by atoms with van der Waals surface area (Å²) < 4.78 is 37.8. The number of aromatic nitrogens is 2. The van der Waals surface area contributed by atoms with E-state index in [0.29, 0.717) is 6.54 Å². The number of hydrogen-bond acceptors (Lipinski definition) is 3. The summed E-state index contributed by atoms with van der Waals surface area (Å²) in [7, 11) is 1.90. The molecule has 102 valence electrons. The number of hydrogen-bond donors (Lipinski definition) is 1. The van der Waals surface area contributed by atoms with E-state index in [-0.39, 0.29) is 23.6 Å². The molecule has 0 amide bonds. The number of nitrogens with zero attached hydrogens (tertiary/aromatic N) is 2. The Labute approximate surface area is 108 Å². The van der Waals surface area contributed by atoms with Crippen molar-refractivity contribution < 1.29 is 13.2 Å². The molecule has 18 heavy (non-hydrogen) atoms. The number of nitrogens with one attached hydrogen (secondary N) is 1. The van der Waals surface area contributed by atoms with Crippen molar-refractivity contribution >= 4 is 11.8 Å². The third-order valence-corrected chi connectivity index (χ3v) is 3.87. The molecule has 0 fully saturated rings. The van der Waals surface area contributed by atoms with Gasteiger partial charge in [-0.05, 0) is 31.0 Å². The number of aryl methyl sites for hydroxylation is 1. The molecule has 0 spiro atoms. The molecule has 1 aliphatic carbocycles. The van der Waals surface area contributed by atoms with Crippen LogP contribution in [0.1, 0.15) is 30.1 Å². The summed E-state index contributed by atoms with van der Waals surface area (Å²) >= 11 is 0.0253. The van der Waals surface area contributed by atoms with Crippen molar-refractivity contribution in [3.05, 3.63) is 17.5 Å². The Morgan fingerprint density at radius 1 is 1.56 bits per heavy atom. The Bertz CT molecular complexity index is 403. The van der Waals surface area contributed by atoms with Crippen LogP contribution in [0, 0.1) is 0 Å². The van der Waals surface area contributed by atoms with Crippen LogP contribution in [0.25, 0.3) is 0 Å². The van der Waals surface area contributed by atoms with Crippen molar-refractivity contribution in [3.63, 3.8) is 0 Å². The first-order chi connectivity index (χ1) is 8.47. The van der Waals surface area contributed by atoms with Gasteiger partial charge in [-0.25, -0.2) is 0 Å². The van der Waals surface area contributed by atoms with E-state index in [1.807, 2.05) is 17.9 Å². The van der Waals surface area contributed by atoms with Crippen LogP contribution in [0.3, 0.4) is 0 Å². The molecule has 0 radical (unpaired) electrons. The standard InChI is InChI=1S/C11H16F3N3S/c1-17-10-4-2-3-9(8(10)7-16-17)15-5-6-18-11(12,13)14/h7,9,15H,2-6H2,1H3. The maximum atomic E-state index is 12.0. The average molecular weight is 279 g/mol. The fourth-order valence-corrected chi connectivity index (χ4v) is 2.77. The summed E-state index contributed by atoms with van der Waals surface area (Å²) in [5.74, 6) is 0.0512. The predicted octanol–water partition coefficient (Wildman–Crippen LogP) is 2.64. The van der Waals surface area contributed by atoms with Gasteiger partial charge in [-0.2, -0.15) is 18.3 Å². The highest BCUT2D eigenvalue weighted by atomic mass is 32.2. The number of fused-ring (bicyclic) bond motifs is 1. The third-order valence-electron chi connectivity index (χ3n) is 3.13. The van der Waals surface area contributed by atoms with Gasteiger partial charge in [-0.3, -0.25) is 4.68 Å². The maximum absolute atomic E-state index is 12.0. The van der Waals surface area contributed by atoms with E-state index in [9.17, 15) is 13.2 Å². The monoisotopic (exact) mass is 279 g/mol. The van der Waals surface area contributed by atoms with Crippen molar-refractivity contribution in [2.45, 2.75) is 30.8 Å². The molecule has 1 N–H and O–H groups in total. The average Bonchev–Trinajstić information content (AvgIpc) is 2.67. The zero-order valence-corrected chi connectivity index (χ0v) is 10.9. The molecule has 0 saturated heterocycles. The van der Waals surface area contributed by atoms with Crippen molar-refractivity contribution in [2.75, 3.05) is 12.3 Å². The normalized spacial score (nSPS) is 19.9. The molecular weight excluding hydrogens is 263 g/mol. The lowest BCUT2D eigenvalue weighted by Gasteiger charge is -2.23. The minimum atomic E-state index is -4.13. The van der Waals surface area contributed by atoms with Gasteiger partial charge in [-0.15, -0.1) is 0 Å². The number of thioether (sulfide) groups is 1. The molecular formula is C11H16F3N3S. The first-order valence-electron chi connectivity index (χ1n) is 5.92. The molecule has 1 aromatic heterocycles. The molecule has 1 atom stereocenters. The van der Waals surface area contributed by atoms with E-state index in [1.54, 1.807) is 0 Å². The van der Waals surface area contributed by atoms with Crippen LogP contribution >= 0.6 is 11.8 Å². The van der Waals surface area contributed by atoms with Crippen LogP contribution in [-0.2, 0) is 13.5 Å². The molecule has 1 heterocycles. The van der Waals surface area contributed by atoms with Gasteiger partial charge in [0.25, 0.3) is 0 Å². The number of halogens is 3. The molecule has 1 aliphatic rings. The Hall–Kier alpha value is -0.690. The molecule has 0 aliphatic heterocycles. The largest absolute Gasteiger partial charge is 0.441 e. The second-order valence-corrected chi connectivity index (χ2v) is 5.52. The van der Waals surface area contributed by atoms with E-state index >= 15 is 0 Å². The molecule has 1 aromatic rings. The van der Waals surface area contributed by atoms with Crippen LogP contribution in [0.5, 0.6) is 0 Å². The fourth-order valence-electron chi connectivity index (χ4n) is 2.32. The van der Waals surface area contributed by atoms with Crippen LogP contribution in [0.2, 0.25) is 0 Å². The van der Waals surface area contributed by atoms with Gasteiger partial charge >= 0.3 is 5.51 Å². The summed E-state index contributed by atoms with van der Waals surface area (Å²) in [6.07, 6.45) is 4.84. The minimum absolute atomic E-state index is 0.0253. The second-order valence-electron chi connectivity index (χ2n) is 4.36. The third kappa shape index (κ3) is 3.41. The van der Waals surface area contributed by atoms with Crippen LogP contribution in [-0.4, -0.2) is 27.6 Å². The molecule has 3 nitrogen and oxygen atoms in total. The van der Waals surface area contributed by atoms with Gasteiger partial charge < -0.3 is 5.32 Å². The molecule has 2 rings (SSSR count). The maximum Gasteiger partial charge on any atom is 0.441 e. The number of alkyl halides is 3. The van der Waals surface area contributed by atoms with Crippen molar-refractivity contribution in [1.82, 2.24) is 15.1 Å². The Kier molecular flexibility index (Phi) is 4.21. The van der Waals surface area contributed by atoms with Gasteiger partial charge in [-0.1, -0.05) is 0 Å². The van der Waals surface area contributed by atoms with E-state index in [4.69, 9.17) is 0 Å². The highest BCUT2D eigenvalue weighted by Gasteiger charge is 2.28. The zero-order valence-electron chi connectivity index (χ0n) is 10.1. The minimum Gasteiger partial charge on any atom is -0.309 e. The summed E-state index contributed by atoms with van der Waals surface area (Å²) in [6, 6.07) is 0.149. The summed E-state index contributed by atoms with van der Waals surface area (Å²) in [4.78, 5) is 0. The van der Waals surface area contributed by atoms with Crippen LogP contribution in [0.4, 0.5) is 13.2 Å². The highest BCUT2D eigenvalue weighted by molar-refractivity contribution is 8.00. The summed E-state index contributed by atoms with van der Waals surface area (Å²) in [5, 5.41) is 7.40.